The summed E-state index contributed by atoms with van der Waals surface area (Å²) in [6.45, 7) is 4.33. The van der Waals surface area contributed by atoms with Gasteiger partial charge in [0, 0.05) is 18.8 Å². The van der Waals surface area contributed by atoms with E-state index in [1.807, 2.05) is 0 Å². The lowest BCUT2D eigenvalue weighted by Gasteiger charge is -2.18. The Hall–Kier alpha value is -1.10. The number of anilines is 1. The van der Waals surface area contributed by atoms with E-state index in [0.29, 0.717) is 25.9 Å². The first-order chi connectivity index (χ1) is 10.3. The number of hydrogen-bond donors (Lipinski definition) is 1. The standard InChI is InChI=1S/C17H28N2O2/c1-19-9-4-7-16(8-10-19)18-17-6-3-5-15(13-17)14-21-12-11-20-2/h3,5-6,13,16,18H,4,7-12,14H2,1-2H3. The molecule has 1 fully saturated rings. The molecule has 1 saturated heterocycles. The average molecular weight is 292 g/mol. The highest BCUT2D eigenvalue weighted by molar-refractivity contribution is 5.46. The van der Waals surface area contributed by atoms with Crippen molar-refractivity contribution in [2.45, 2.75) is 31.9 Å². The molecule has 1 aliphatic heterocycles. The van der Waals surface area contributed by atoms with Gasteiger partial charge < -0.3 is 19.7 Å². The molecule has 2 rings (SSSR count). The van der Waals surface area contributed by atoms with Gasteiger partial charge in [-0.3, -0.25) is 0 Å². The normalized spacial score (nSPS) is 20.2. The SMILES string of the molecule is COCCOCc1cccc(NC2CCCN(C)CC2)c1. The number of ether oxygens (including phenoxy) is 2. The predicted octanol–water partition coefficient (Wildman–Crippen LogP) is 2.75. The van der Waals surface area contributed by atoms with Crippen LogP contribution in [0.5, 0.6) is 0 Å². The van der Waals surface area contributed by atoms with Crippen molar-refractivity contribution in [2.24, 2.45) is 0 Å². The molecule has 0 saturated carbocycles. The highest BCUT2D eigenvalue weighted by atomic mass is 16.5. The molecule has 0 amide bonds. The Labute approximate surface area is 128 Å². The van der Waals surface area contributed by atoms with Gasteiger partial charge in [0.15, 0.2) is 0 Å². The lowest BCUT2D eigenvalue weighted by molar-refractivity contribution is 0.0617. The molecule has 4 nitrogen and oxygen atoms in total. The predicted molar refractivity (Wildman–Crippen MR) is 86.7 cm³/mol. The van der Waals surface area contributed by atoms with Crippen molar-refractivity contribution in [3.63, 3.8) is 0 Å². The molecule has 1 heterocycles. The van der Waals surface area contributed by atoms with Gasteiger partial charge in [-0.25, -0.2) is 0 Å². The van der Waals surface area contributed by atoms with Crippen LogP contribution in [-0.4, -0.2) is 51.4 Å². The first-order valence-electron chi connectivity index (χ1n) is 7.88. The van der Waals surface area contributed by atoms with Crippen LogP contribution in [0.25, 0.3) is 0 Å². The third-order valence-electron chi connectivity index (χ3n) is 3.95. The summed E-state index contributed by atoms with van der Waals surface area (Å²) in [5.74, 6) is 0. The van der Waals surface area contributed by atoms with Crippen molar-refractivity contribution in [2.75, 3.05) is 45.8 Å². The molecule has 1 N–H and O–H groups in total. The van der Waals surface area contributed by atoms with Crippen LogP contribution in [0.4, 0.5) is 5.69 Å². The van der Waals surface area contributed by atoms with Crippen LogP contribution in [-0.2, 0) is 16.1 Å². The molecule has 0 bridgehead atoms. The largest absolute Gasteiger partial charge is 0.382 e. The summed E-state index contributed by atoms with van der Waals surface area (Å²) in [5, 5.41) is 3.68. The lowest BCUT2D eigenvalue weighted by Crippen LogP contribution is -2.23. The minimum atomic E-state index is 0.583. The van der Waals surface area contributed by atoms with E-state index >= 15 is 0 Å². The van der Waals surface area contributed by atoms with E-state index < -0.39 is 0 Å². The summed E-state index contributed by atoms with van der Waals surface area (Å²) in [4.78, 5) is 2.42. The summed E-state index contributed by atoms with van der Waals surface area (Å²) in [6.07, 6.45) is 3.73. The molecule has 0 spiro atoms. The molecule has 1 unspecified atom stereocenters. The van der Waals surface area contributed by atoms with Crippen molar-refractivity contribution in [1.29, 1.82) is 0 Å². The van der Waals surface area contributed by atoms with Gasteiger partial charge in [-0.2, -0.15) is 0 Å². The van der Waals surface area contributed by atoms with E-state index in [2.05, 4.69) is 41.5 Å². The fraction of sp³-hybridized carbons (Fsp3) is 0.647. The van der Waals surface area contributed by atoms with Crippen LogP contribution in [0.1, 0.15) is 24.8 Å². The summed E-state index contributed by atoms with van der Waals surface area (Å²) < 4.78 is 10.6. The van der Waals surface area contributed by atoms with Crippen molar-refractivity contribution in [3.8, 4) is 0 Å². The Balaban J connectivity index is 1.82. The van der Waals surface area contributed by atoms with Gasteiger partial charge in [0.1, 0.15) is 0 Å². The molecule has 4 heteroatoms. The second-order valence-corrected chi connectivity index (χ2v) is 5.82. The first kappa shape index (κ1) is 16.3. The minimum Gasteiger partial charge on any atom is -0.382 e. The maximum Gasteiger partial charge on any atom is 0.0718 e. The Kier molecular flexibility index (Phi) is 7.00. The van der Waals surface area contributed by atoms with Crippen LogP contribution in [0.2, 0.25) is 0 Å². The molecule has 0 aliphatic carbocycles. The van der Waals surface area contributed by atoms with Gasteiger partial charge >= 0.3 is 0 Å². The molecule has 0 radical (unpaired) electrons. The number of nitrogens with zero attached hydrogens (tertiary/aromatic N) is 1. The first-order valence-corrected chi connectivity index (χ1v) is 7.88. The van der Waals surface area contributed by atoms with Gasteiger partial charge in [-0.15, -0.1) is 0 Å². The smallest absolute Gasteiger partial charge is 0.0718 e. The molecule has 1 aromatic carbocycles. The molecule has 118 valence electrons. The van der Waals surface area contributed by atoms with E-state index in [1.165, 1.54) is 43.6 Å². The number of nitrogens with one attached hydrogen (secondary N) is 1. The summed E-state index contributed by atoms with van der Waals surface area (Å²) >= 11 is 0. The van der Waals surface area contributed by atoms with Gasteiger partial charge in [0.25, 0.3) is 0 Å². The van der Waals surface area contributed by atoms with E-state index in [1.54, 1.807) is 7.11 Å². The van der Waals surface area contributed by atoms with E-state index in [9.17, 15) is 0 Å². The second-order valence-electron chi connectivity index (χ2n) is 5.82. The van der Waals surface area contributed by atoms with Crippen molar-refractivity contribution >= 4 is 5.69 Å². The van der Waals surface area contributed by atoms with Crippen molar-refractivity contribution in [1.82, 2.24) is 4.90 Å². The third kappa shape index (κ3) is 6.04. The molecule has 1 atom stereocenters. The maximum atomic E-state index is 5.58. The Bertz CT molecular complexity index is 412. The molecule has 1 aliphatic rings. The van der Waals surface area contributed by atoms with Crippen LogP contribution < -0.4 is 5.32 Å². The van der Waals surface area contributed by atoms with Crippen molar-refractivity contribution in [3.05, 3.63) is 29.8 Å². The van der Waals surface area contributed by atoms with Crippen LogP contribution in [0, 0.1) is 0 Å². The number of likely N-dealkylation sites (tertiary alicyclic amines) is 1. The molecular weight excluding hydrogens is 264 g/mol. The summed E-state index contributed by atoms with van der Waals surface area (Å²) in [7, 11) is 3.90. The average Bonchev–Trinajstić information content (AvgIpc) is 2.69. The lowest BCUT2D eigenvalue weighted by atomic mass is 10.1. The zero-order chi connectivity index (χ0) is 14.9. The van der Waals surface area contributed by atoms with Gasteiger partial charge in [-0.05, 0) is 57.1 Å². The number of methoxy groups -OCH3 is 1. The van der Waals surface area contributed by atoms with Crippen LogP contribution in [0.3, 0.4) is 0 Å². The fourth-order valence-corrected chi connectivity index (χ4v) is 2.70. The van der Waals surface area contributed by atoms with Gasteiger partial charge in [0.05, 0.1) is 19.8 Å². The summed E-state index contributed by atoms with van der Waals surface area (Å²) in [5.41, 5.74) is 2.42. The van der Waals surface area contributed by atoms with Crippen molar-refractivity contribution < 1.29 is 9.47 Å². The Morgan fingerprint density at radius 2 is 2.14 bits per heavy atom. The number of rotatable bonds is 7. The topological polar surface area (TPSA) is 33.7 Å². The van der Waals surface area contributed by atoms with E-state index in [-0.39, 0.29) is 0 Å². The molecular formula is C17H28N2O2. The number of benzene rings is 1. The molecule has 1 aromatic rings. The highest BCUT2D eigenvalue weighted by Crippen LogP contribution is 2.18. The van der Waals surface area contributed by atoms with Gasteiger partial charge in [0.2, 0.25) is 0 Å². The zero-order valence-corrected chi connectivity index (χ0v) is 13.3. The second kappa shape index (κ2) is 9.03. The Morgan fingerprint density at radius 1 is 1.24 bits per heavy atom. The fourth-order valence-electron chi connectivity index (χ4n) is 2.70. The van der Waals surface area contributed by atoms with Crippen LogP contribution in [0.15, 0.2) is 24.3 Å². The zero-order valence-electron chi connectivity index (χ0n) is 13.3. The Morgan fingerprint density at radius 3 is 3.00 bits per heavy atom. The third-order valence-corrected chi connectivity index (χ3v) is 3.95. The van der Waals surface area contributed by atoms with E-state index in [4.69, 9.17) is 9.47 Å². The highest BCUT2D eigenvalue weighted by Gasteiger charge is 2.14. The summed E-state index contributed by atoms with van der Waals surface area (Å²) in [6, 6.07) is 9.13. The molecule has 21 heavy (non-hydrogen) atoms. The van der Waals surface area contributed by atoms with E-state index in [0.717, 1.165) is 0 Å². The minimum absolute atomic E-state index is 0.583. The number of hydrogen-bond acceptors (Lipinski definition) is 4. The maximum absolute atomic E-state index is 5.58. The van der Waals surface area contributed by atoms with Crippen LogP contribution >= 0.6 is 0 Å². The molecule has 0 aromatic heterocycles. The quantitative estimate of drug-likeness (QED) is 0.784. The van der Waals surface area contributed by atoms with Gasteiger partial charge in [-0.1, -0.05) is 12.1 Å². The monoisotopic (exact) mass is 292 g/mol.